The number of anilines is 3. The zero-order chi connectivity index (χ0) is 15.1. The molecule has 0 saturated carbocycles. The lowest BCUT2D eigenvalue weighted by atomic mass is 10.1. The summed E-state index contributed by atoms with van der Waals surface area (Å²) in [6.45, 7) is 0. The minimum Gasteiger partial charge on any atom is -0.378 e. The molecule has 2 aromatic carbocycles. The molecule has 0 fully saturated rings. The van der Waals surface area contributed by atoms with E-state index in [1.54, 1.807) is 0 Å². The molecule has 22 heavy (non-hydrogen) atoms. The Labute approximate surface area is 129 Å². The van der Waals surface area contributed by atoms with E-state index in [1.807, 2.05) is 30.3 Å². The van der Waals surface area contributed by atoms with Crippen LogP contribution in [0.1, 0.15) is 11.1 Å². The van der Waals surface area contributed by atoms with Crippen molar-refractivity contribution in [3.63, 3.8) is 0 Å². The molecule has 0 atom stereocenters. The molecule has 1 aliphatic carbocycles. The highest BCUT2D eigenvalue weighted by Crippen LogP contribution is 2.40. The van der Waals surface area contributed by atoms with E-state index in [0.717, 1.165) is 23.6 Å². The molecule has 0 radical (unpaired) electrons. The second-order valence-electron chi connectivity index (χ2n) is 5.83. The first-order chi connectivity index (χ1) is 10.7. The van der Waals surface area contributed by atoms with Gasteiger partial charge in [-0.25, -0.2) is 0 Å². The first-order valence-corrected chi connectivity index (χ1v) is 7.42. The van der Waals surface area contributed by atoms with Gasteiger partial charge in [-0.2, -0.15) is 5.10 Å². The van der Waals surface area contributed by atoms with E-state index in [4.69, 9.17) is 0 Å². The van der Waals surface area contributed by atoms with Gasteiger partial charge in [0.25, 0.3) is 0 Å². The Bertz CT molecular complexity index is 818. The standard InChI is InChI=1S/C18H18N4/c1-22(2)14-8-9-15-12(10-14)11-16-17(15)20-21-18(16)19-13-6-4-3-5-7-13/h3-10H,11H2,1-2H3,(H2,19,20,21). The molecule has 2 N–H and O–H groups in total. The zero-order valence-electron chi connectivity index (χ0n) is 12.7. The van der Waals surface area contributed by atoms with Gasteiger partial charge in [-0.05, 0) is 29.8 Å². The molecule has 0 bridgehead atoms. The smallest absolute Gasteiger partial charge is 0.156 e. The minimum absolute atomic E-state index is 0.915. The highest BCUT2D eigenvalue weighted by Gasteiger charge is 2.24. The number of fused-ring (bicyclic) bond motifs is 3. The average molecular weight is 290 g/mol. The normalized spacial score (nSPS) is 11.9. The number of hydrogen-bond acceptors (Lipinski definition) is 3. The highest BCUT2D eigenvalue weighted by atomic mass is 15.2. The van der Waals surface area contributed by atoms with Crippen molar-refractivity contribution >= 4 is 17.2 Å². The molecule has 1 heterocycles. The number of rotatable bonds is 3. The third-order valence-electron chi connectivity index (χ3n) is 4.15. The molecule has 1 aliphatic rings. The number of hydrogen-bond donors (Lipinski definition) is 2. The van der Waals surface area contributed by atoms with Crippen LogP contribution in [0.5, 0.6) is 0 Å². The summed E-state index contributed by atoms with van der Waals surface area (Å²) in [6.07, 6.45) is 0.915. The predicted octanol–water partition coefficient (Wildman–Crippen LogP) is 3.79. The van der Waals surface area contributed by atoms with Crippen LogP contribution in [0.3, 0.4) is 0 Å². The van der Waals surface area contributed by atoms with E-state index >= 15 is 0 Å². The van der Waals surface area contributed by atoms with Gasteiger partial charge in [-0.15, -0.1) is 0 Å². The van der Waals surface area contributed by atoms with Crippen molar-refractivity contribution in [1.82, 2.24) is 10.2 Å². The number of aromatic nitrogens is 2. The van der Waals surface area contributed by atoms with Crippen LogP contribution in [0.25, 0.3) is 11.3 Å². The van der Waals surface area contributed by atoms with Gasteiger partial charge < -0.3 is 10.2 Å². The Morgan fingerprint density at radius 2 is 1.91 bits per heavy atom. The first kappa shape index (κ1) is 13.0. The summed E-state index contributed by atoms with van der Waals surface area (Å²) in [5, 5.41) is 11.0. The zero-order valence-corrected chi connectivity index (χ0v) is 12.7. The monoisotopic (exact) mass is 290 g/mol. The van der Waals surface area contributed by atoms with Crippen LogP contribution in [0.15, 0.2) is 48.5 Å². The molecular formula is C18H18N4. The van der Waals surface area contributed by atoms with Crippen LogP contribution < -0.4 is 10.2 Å². The van der Waals surface area contributed by atoms with Gasteiger partial charge in [-0.3, -0.25) is 5.10 Å². The Balaban J connectivity index is 1.69. The summed E-state index contributed by atoms with van der Waals surface area (Å²) < 4.78 is 0. The fourth-order valence-electron chi connectivity index (χ4n) is 2.96. The Morgan fingerprint density at radius 1 is 1.09 bits per heavy atom. The molecule has 4 heteroatoms. The number of nitrogens with zero attached hydrogens (tertiary/aromatic N) is 2. The van der Waals surface area contributed by atoms with Crippen LogP contribution in [0.4, 0.5) is 17.2 Å². The summed E-state index contributed by atoms with van der Waals surface area (Å²) in [6, 6.07) is 16.7. The second kappa shape index (κ2) is 4.91. The third kappa shape index (κ3) is 2.04. The van der Waals surface area contributed by atoms with Crippen LogP contribution >= 0.6 is 0 Å². The number of nitrogens with one attached hydrogen (secondary N) is 2. The van der Waals surface area contributed by atoms with Crippen molar-refractivity contribution in [2.75, 3.05) is 24.3 Å². The average Bonchev–Trinajstić information content (AvgIpc) is 3.07. The van der Waals surface area contributed by atoms with Crippen molar-refractivity contribution in [2.24, 2.45) is 0 Å². The van der Waals surface area contributed by atoms with Crippen molar-refractivity contribution in [3.05, 3.63) is 59.7 Å². The Morgan fingerprint density at radius 3 is 2.68 bits per heavy atom. The Kier molecular flexibility index (Phi) is 2.89. The molecule has 0 amide bonds. The molecule has 0 saturated heterocycles. The summed E-state index contributed by atoms with van der Waals surface area (Å²) in [5.41, 5.74) is 7.28. The maximum absolute atomic E-state index is 4.44. The van der Waals surface area contributed by atoms with E-state index < -0.39 is 0 Å². The van der Waals surface area contributed by atoms with E-state index in [-0.39, 0.29) is 0 Å². The SMILES string of the molecule is CN(C)c1ccc2c(c1)Cc1c(Nc3ccccc3)n[nH]c1-2. The molecular weight excluding hydrogens is 272 g/mol. The summed E-state index contributed by atoms with van der Waals surface area (Å²) in [4.78, 5) is 2.13. The minimum atomic E-state index is 0.915. The van der Waals surface area contributed by atoms with Crippen LogP contribution in [0, 0.1) is 0 Å². The maximum Gasteiger partial charge on any atom is 0.156 e. The second-order valence-corrected chi connectivity index (χ2v) is 5.83. The predicted molar refractivity (Wildman–Crippen MR) is 90.9 cm³/mol. The molecule has 4 nitrogen and oxygen atoms in total. The number of H-pyrrole nitrogens is 1. The lowest BCUT2D eigenvalue weighted by molar-refractivity contribution is 1.09. The topological polar surface area (TPSA) is 44.0 Å². The van der Waals surface area contributed by atoms with Crippen molar-refractivity contribution in [1.29, 1.82) is 0 Å². The van der Waals surface area contributed by atoms with Crippen molar-refractivity contribution in [2.45, 2.75) is 6.42 Å². The number of aromatic amines is 1. The molecule has 0 unspecified atom stereocenters. The van der Waals surface area contributed by atoms with Gasteiger partial charge in [0.1, 0.15) is 0 Å². The van der Waals surface area contributed by atoms with Gasteiger partial charge in [0.05, 0.1) is 5.69 Å². The summed E-state index contributed by atoms with van der Waals surface area (Å²) in [5.74, 6) is 0.920. The molecule has 1 aromatic heterocycles. The van der Waals surface area contributed by atoms with Crippen LogP contribution in [0.2, 0.25) is 0 Å². The molecule has 0 spiro atoms. The lowest BCUT2D eigenvalue weighted by Crippen LogP contribution is -2.08. The van der Waals surface area contributed by atoms with Crippen LogP contribution in [-0.4, -0.2) is 24.3 Å². The maximum atomic E-state index is 4.44. The fraction of sp³-hybridized carbons (Fsp3) is 0.167. The van der Waals surface area contributed by atoms with Gasteiger partial charge in [0.15, 0.2) is 5.82 Å². The fourth-order valence-corrected chi connectivity index (χ4v) is 2.96. The first-order valence-electron chi connectivity index (χ1n) is 7.42. The van der Waals surface area contributed by atoms with Crippen molar-refractivity contribution in [3.8, 4) is 11.3 Å². The third-order valence-corrected chi connectivity index (χ3v) is 4.15. The van der Waals surface area contributed by atoms with Gasteiger partial charge in [-0.1, -0.05) is 24.3 Å². The molecule has 3 aromatic rings. The summed E-state index contributed by atoms with van der Waals surface area (Å²) in [7, 11) is 4.14. The van der Waals surface area contributed by atoms with Gasteiger partial charge >= 0.3 is 0 Å². The number of benzene rings is 2. The van der Waals surface area contributed by atoms with E-state index in [9.17, 15) is 0 Å². The van der Waals surface area contributed by atoms with E-state index in [1.165, 1.54) is 22.4 Å². The quantitative estimate of drug-likeness (QED) is 0.603. The Hall–Kier alpha value is -2.75. The molecule has 110 valence electrons. The summed E-state index contributed by atoms with van der Waals surface area (Å²) >= 11 is 0. The highest BCUT2D eigenvalue weighted by molar-refractivity contribution is 5.81. The van der Waals surface area contributed by atoms with E-state index in [2.05, 4.69) is 52.7 Å². The lowest BCUT2D eigenvalue weighted by Gasteiger charge is -2.13. The van der Waals surface area contributed by atoms with Crippen LogP contribution in [-0.2, 0) is 6.42 Å². The molecule has 0 aliphatic heterocycles. The largest absolute Gasteiger partial charge is 0.378 e. The van der Waals surface area contributed by atoms with E-state index in [0.29, 0.717) is 0 Å². The van der Waals surface area contributed by atoms with Gasteiger partial charge in [0, 0.05) is 43.0 Å². The van der Waals surface area contributed by atoms with Crippen molar-refractivity contribution < 1.29 is 0 Å². The molecule has 4 rings (SSSR count). The van der Waals surface area contributed by atoms with Gasteiger partial charge in [0.2, 0.25) is 0 Å². The number of para-hydroxylation sites is 1.